The lowest BCUT2D eigenvalue weighted by Crippen LogP contribution is -2.00. The van der Waals surface area contributed by atoms with E-state index in [2.05, 4.69) is 20.9 Å². The molecule has 0 amide bonds. The van der Waals surface area contributed by atoms with E-state index in [9.17, 15) is 5.11 Å². The number of rotatable bonds is 3. The summed E-state index contributed by atoms with van der Waals surface area (Å²) in [6.45, 7) is 0. The summed E-state index contributed by atoms with van der Waals surface area (Å²) < 4.78 is 1.05. The normalized spacial score (nSPS) is 12.7. The van der Waals surface area contributed by atoms with Crippen molar-refractivity contribution in [1.29, 1.82) is 0 Å². The molecular weight excluding hydrogens is 310 g/mol. The zero-order chi connectivity index (χ0) is 11.5. The lowest BCUT2D eigenvalue weighted by molar-refractivity contribution is 0.179. The van der Waals surface area contributed by atoms with Gasteiger partial charge in [0.05, 0.1) is 6.10 Å². The lowest BCUT2D eigenvalue weighted by Gasteiger charge is -2.09. The molecule has 0 aliphatic rings. The summed E-state index contributed by atoms with van der Waals surface area (Å²) >= 11 is 10.8. The fourth-order valence-electron chi connectivity index (χ4n) is 1.39. The quantitative estimate of drug-likeness (QED) is 0.872. The van der Waals surface area contributed by atoms with Gasteiger partial charge in [0.1, 0.15) is 5.15 Å². The van der Waals surface area contributed by atoms with Crippen LogP contribution in [0.5, 0.6) is 0 Å². The molecule has 0 aromatic carbocycles. The lowest BCUT2D eigenvalue weighted by atomic mass is 10.1. The molecule has 2 rings (SSSR count). The van der Waals surface area contributed by atoms with Crippen molar-refractivity contribution in [2.75, 3.05) is 0 Å². The van der Waals surface area contributed by atoms with Crippen LogP contribution in [-0.4, -0.2) is 10.1 Å². The molecular formula is C11H9BrClNOS. The predicted molar refractivity (Wildman–Crippen MR) is 69.9 cm³/mol. The van der Waals surface area contributed by atoms with Gasteiger partial charge in [0, 0.05) is 27.3 Å². The Labute approximate surface area is 111 Å². The van der Waals surface area contributed by atoms with Crippen LogP contribution in [0.15, 0.2) is 34.2 Å². The van der Waals surface area contributed by atoms with Crippen molar-refractivity contribution >= 4 is 38.9 Å². The third kappa shape index (κ3) is 3.04. The number of hydrogen-bond acceptors (Lipinski definition) is 3. The van der Waals surface area contributed by atoms with E-state index in [-0.39, 0.29) is 0 Å². The van der Waals surface area contributed by atoms with E-state index in [0.29, 0.717) is 11.6 Å². The average molecular weight is 319 g/mol. The molecule has 5 heteroatoms. The first-order valence-electron chi connectivity index (χ1n) is 4.67. The minimum absolute atomic E-state index is 0.406. The second-order valence-electron chi connectivity index (χ2n) is 3.36. The second kappa shape index (κ2) is 5.27. The van der Waals surface area contributed by atoms with Gasteiger partial charge in [0.2, 0.25) is 0 Å². The zero-order valence-electron chi connectivity index (χ0n) is 8.23. The van der Waals surface area contributed by atoms with E-state index >= 15 is 0 Å². The largest absolute Gasteiger partial charge is 0.388 e. The minimum atomic E-state index is -0.536. The molecule has 2 aromatic heterocycles. The van der Waals surface area contributed by atoms with Crippen molar-refractivity contribution in [1.82, 2.24) is 4.98 Å². The van der Waals surface area contributed by atoms with Gasteiger partial charge in [-0.2, -0.15) is 0 Å². The number of hydrogen-bond donors (Lipinski definition) is 1. The molecule has 0 aliphatic carbocycles. The third-order valence-electron chi connectivity index (χ3n) is 2.15. The molecule has 0 spiro atoms. The van der Waals surface area contributed by atoms with Gasteiger partial charge >= 0.3 is 0 Å². The van der Waals surface area contributed by atoms with Gasteiger partial charge in [0.25, 0.3) is 0 Å². The van der Waals surface area contributed by atoms with Crippen molar-refractivity contribution in [3.63, 3.8) is 0 Å². The molecule has 2 aromatic rings. The Hall–Kier alpha value is -0.420. The van der Waals surface area contributed by atoms with Crippen molar-refractivity contribution in [3.05, 3.63) is 49.8 Å². The van der Waals surface area contributed by atoms with Crippen molar-refractivity contribution < 1.29 is 5.11 Å². The standard InChI is InChI=1S/C11H9BrClNOS/c12-8-4-9(16-6-8)5-10(15)7-1-2-14-11(13)3-7/h1-4,6,10,15H,5H2. The number of halogens is 2. The molecule has 2 nitrogen and oxygen atoms in total. The van der Waals surface area contributed by atoms with Crippen molar-refractivity contribution in [3.8, 4) is 0 Å². The molecule has 0 aliphatic heterocycles. The van der Waals surface area contributed by atoms with E-state index in [1.54, 1.807) is 29.7 Å². The number of nitrogens with zero attached hydrogens (tertiary/aromatic N) is 1. The monoisotopic (exact) mass is 317 g/mol. The molecule has 1 atom stereocenters. The first-order valence-corrected chi connectivity index (χ1v) is 6.72. The summed E-state index contributed by atoms with van der Waals surface area (Å²) in [6, 6.07) is 5.48. The Morgan fingerprint density at radius 1 is 1.50 bits per heavy atom. The van der Waals surface area contributed by atoms with Crippen LogP contribution in [-0.2, 0) is 6.42 Å². The van der Waals surface area contributed by atoms with E-state index in [0.717, 1.165) is 14.9 Å². The van der Waals surface area contributed by atoms with Gasteiger partial charge in [-0.3, -0.25) is 0 Å². The summed E-state index contributed by atoms with van der Waals surface area (Å²) in [4.78, 5) is 5.01. The summed E-state index contributed by atoms with van der Waals surface area (Å²) in [7, 11) is 0. The van der Waals surface area contributed by atoms with Crippen LogP contribution < -0.4 is 0 Å². The number of aromatic nitrogens is 1. The third-order valence-corrected chi connectivity index (χ3v) is 4.08. The molecule has 0 bridgehead atoms. The minimum Gasteiger partial charge on any atom is -0.388 e. The van der Waals surface area contributed by atoms with Crippen molar-refractivity contribution in [2.45, 2.75) is 12.5 Å². The molecule has 84 valence electrons. The Balaban J connectivity index is 2.11. The first kappa shape index (κ1) is 12.0. The highest BCUT2D eigenvalue weighted by molar-refractivity contribution is 9.10. The van der Waals surface area contributed by atoms with Crippen LogP contribution in [0.4, 0.5) is 0 Å². The van der Waals surface area contributed by atoms with Crippen LogP contribution in [0, 0.1) is 0 Å². The molecule has 16 heavy (non-hydrogen) atoms. The van der Waals surface area contributed by atoms with E-state index in [1.807, 2.05) is 11.4 Å². The summed E-state index contributed by atoms with van der Waals surface area (Å²) in [5.74, 6) is 0. The van der Waals surface area contributed by atoms with Gasteiger partial charge in [-0.15, -0.1) is 11.3 Å². The van der Waals surface area contributed by atoms with Gasteiger partial charge in [-0.05, 0) is 39.7 Å². The number of aliphatic hydroxyl groups excluding tert-OH is 1. The van der Waals surface area contributed by atoms with Crippen LogP contribution in [0.25, 0.3) is 0 Å². The SMILES string of the molecule is OC(Cc1cc(Br)cs1)c1ccnc(Cl)c1. The smallest absolute Gasteiger partial charge is 0.129 e. The maximum absolute atomic E-state index is 10.0. The highest BCUT2D eigenvalue weighted by Crippen LogP contribution is 2.26. The highest BCUT2D eigenvalue weighted by Gasteiger charge is 2.10. The van der Waals surface area contributed by atoms with Crippen molar-refractivity contribution in [2.24, 2.45) is 0 Å². The Morgan fingerprint density at radius 3 is 2.94 bits per heavy atom. The maximum Gasteiger partial charge on any atom is 0.129 e. The molecule has 2 heterocycles. The second-order valence-corrected chi connectivity index (χ2v) is 5.66. The Kier molecular flexibility index (Phi) is 3.97. The number of pyridine rings is 1. The van der Waals surface area contributed by atoms with Crippen LogP contribution in [0.1, 0.15) is 16.5 Å². The molecule has 0 radical (unpaired) electrons. The van der Waals surface area contributed by atoms with E-state index in [1.165, 1.54) is 0 Å². The Morgan fingerprint density at radius 2 is 2.31 bits per heavy atom. The molecule has 0 fully saturated rings. The van der Waals surface area contributed by atoms with Gasteiger partial charge in [0.15, 0.2) is 0 Å². The Bertz CT molecular complexity index is 488. The van der Waals surface area contributed by atoms with Gasteiger partial charge in [-0.1, -0.05) is 11.6 Å². The maximum atomic E-state index is 10.0. The van der Waals surface area contributed by atoms with Crippen LogP contribution in [0.3, 0.4) is 0 Å². The number of thiophene rings is 1. The topological polar surface area (TPSA) is 33.1 Å². The summed E-state index contributed by atoms with van der Waals surface area (Å²) in [6.07, 6.45) is 1.66. The highest BCUT2D eigenvalue weighted by atomic mass is 79.9. The zero-order valence-corrected chi connectivity index (χ0v) is 11.4. The van der Waals surface area contributed by atoms with Gasteiger partial charge in [-0.25, -0.2) is 4.98 Å². The average Bonchev–Trinajstić information content (AvgIpc) is 2.64. The summed E-state index contributed by atoms with van der Waals surface area (Å²) in [5, 5.41) is 12.4. The van der Waals surface area contributed by atoms with E-state index < -0.39 is 6.10 Å². The molecule has 1 N–H and O–H groups in total. The first-order chi connectivity index (χ1) is 7.65. The number of aliphatic hydroxyl groups is 1. The predicted octanol–water partition coefficient (Wildman–Crippen LogP) is 3.84. The molecule has 0 saturated heterocycles. The molecule has 1 unspecified atom stereocenters. The molecule has 0 saturated carbocycles. The van der Waals surface area contributed by atoms with E-state index in [4.69, 9.17) is 11.6 Å². The van der Waals surface area contributed by atoms with Crippen LogP contribution in [0.2, 0.25) is 5.15 Å². The summed E-state index contributed by atoms with van der Waals surface area (Å²) in [5.41, 5.74) is 0.796. The fourth-order valence-corrected chi connectivity index (χ4v) is 3.07. The van der Waals surface area contributed by atoms with Crippen LogP contribution >= 0.6 is 38.9 Å². The fraction of sp³-hybridized carbons (Fsp3) is 0.182. The van der Waals surface area contributed by atoms with Gasteiger partial charge < -0.3 is 5.11 Å².